The van der Waals surface area contributed by atoms with Gasteiger partial charge in [0, 0.05) is 27.4 Å². The molecule has 4 rings (SSSR count). The van der Waals surface area contributed by atoms with Gasteiger partial charge in [0.15, 0.2) is 5.13 Å². The Balaban J connectivity index is 1.35. The molecule has 0 aliphatic heterocycles. The zero-order valence-corrected chi connectivity index (χ0v) is 18.9. The van der Waals surface area contributed by atoms with Crippen molar-refractivity contribution in [3.05, 3.63) is 53.9 Å². The molecule has 0 spiro atoms. The summed E-state index contributed by atoms with van der Waals surface area (Å²) in [6.07, 6.45) is 1.93. The number of rotatable bonds is 8. The van der Waals surface area contributed by atoms with Gasteiger partial charge in [-0.2, -0.15) is 0 Å². The first-order chi connectivity index (χ1) is 15.0. The number of nitrogens with one attached hydrogen (secondary N) is 2. The number of anilines is 2. The van der Waals surface area contributed by atoms with Gasteiger partial charge < -0.3 is 15.4 Å². The number of nitrogens with zero attached hydrogens (tertiary/aromatic N) is 1. The van der Waals surface area contributed by atoms with E-state index in [4.69, 9.17) is 4.74 Å². The Labute approximate surface area is 189 Å². The third-order valence-corrected chi connectivity index (χ3v) is 6.68. The molecule has 0 radical (unpaired) electrons. The van der Waals surface area contributed by atoms with Crippen LogP contribution in [0, 0.1) is 5.92 Å². The molecule has 160 valence electrons. The molecule has 1 aliphatic carbocycles. The van der Waals surface area contributed by atoms with Gasteiger partial charge in [-0.05, 0) is 50.1 Å². The molecule has 0 saturated heterocycles. The molecule has 0 bridgehead atoms. The summed E-state index contributed by atoms with van der Waals surface area (Å²) in [5, 5.41) is 7.99. The van der Waals surface area contributed by atoms with Gasteiger partial charge in [0.05, 0.1) is 18.1 Å². The van der Waals surface area contributed by atoms with Gasteiger partial charge in [0.25, 0.3) is 0 Å². The Morgan fingerprint density at radius 2 is 1.97 bits per heavy atom. The quantitative estimate of drug-likeness (QED) is 0.453. The number of hydrogen-bond acceptors (Lipinski definition) is 6. The molecule has 31 heavy (non-hydrogen) atoms. The molecule has 2 amide bonds. The Kier molecular flexibility index (Phi) is 6.58. The van der Waals surface area contributed by atoms with Gasteiger partial charge in [-0.3, -0.25) is 9.59 Å². The monoisotopic (exact) mass is 453 g/mol. The van der Waals surface area contributed by atoms with Crippen LogP contribution in [0.15, 0.2) is 58.8 Å². The van der Waals surface area contributed by atoms with Crippen molar-refractivity contribution in [3.8, 4) is 17.0 Å². The predicted molar refractivity (Wildman–Crippen MR) is 126 cm³/mol. The highest BCUT2D eigenvalue weighted by Crippen LogP contribution is 2.32. The van der Waals surface area contributed by atoms with Crippen molar-refractivity contribution < 1.29 is 14.3 Å². The van der Waals surface area contributed by atoms with Crippen LogP contribution in [0.2, 0.25) is 0 Å². The minimum Gasteiger partial charge on any atom is -0.497 e. The maximum atomic E-state index is 12.7. The molecule has 1 heterocycles. The van der Waals surface area contributed by atoms with Crippen LogP contribution in [-0.4, -0.2) is 29.2 Å². The van der Waals surface area contributed by atoms with Crippen molar-refractivity contribution >= 4 is 45.7 Å². The number of ether oxygens (including phenoxy) is 1. The van der Waals surface area contributed by atoms with Gasteiger partial charge >= 0.3 is 0 Å². The van der Waals surface area contributed by atoms with Crippen molar-refractivity contribution in [2.45, 2.75) is 29.9 Å². The van der Waals surface area contributed by atoms with Gasteiger partial charge in [0.1, 0.15) is 5.75 Å². The normalized spacial score (nSPS) is 14.0. The maximum absolute atomic E-state index is 12.7. The summed E-state index contributed by atoms with van der Waals surface area (Å²) in [7, 11) is 1.63. The highest BCUT2D eigenvalue weighted by molar-refractivity contribution is 8.00. The van der Waals surface area contributed by atoms with Crippen LogP contribution in [0.25, 0.3) is 11.3 Å². The summed E-state index contributed by atoms with van der Waals surface area (Å²) in [4.78, 5) is 30.1. The minimum atomic E-state index is -0.321. The van der Waals surface area contributed by atoms with Crippen molar-refractivity contribution in [1.29, 1.82) is 0 Å². The molecule has 1 saturated carbocycles. The van der Waals surface area contributed by atoms with E-state index < -0.39 is 0 Å². The van der Waals surface area contributed by atoms with Crippen molar-refractivity contribution in [3.63, 3.8) is 0 Å². The average Bonchev–Trinajstić information content (AvgIpc) is 3.53. The Bertz CT molecular complexity index is 1090. The summed E-state index contributed by atoms with van der Waals surface area (Å²) in [5.74, 6) is 0.866. The lowest BCUT2D eigenvalue weighted by Crippen LogP contribution is -2.22. The lowest BCUT2D eigenvalue weighted by Gasteiger charge is -2.12. The number of hydrogen-bond donors (Lipinski definition) is 2. The summed E-state index contributed by atoms with van der Waals surface area (Å²) in [6.45, 7) is 1.85. The largest absolute Gasteiger partial charge is 0.497 e. The number of methoxy groups -OCH3 is 1. The van der Waals surface area contributed by atoms with Crippen molar-refractivity contribution in [2.24, 2.45) is 5.92 Å². The van der Waals surface area contributed by atoms with E-state index in [2.05, 4.69) is 15.6 Å². The number of carbonyl (C=O) groups is 2. The van der Waals surface area contributed by atoms with Crippen LogP contribution >= 0.6 is 23.1 Å². The number of carbonyl (C=O) groups excluding carboxylic acids is 2. The number of aromatic nitrogens is 1. The number of thioether (sulfide) groups is 1. The zero-order chi connectivity index (χ0) is 21.8. The SMILES string of the molecule is COc1cccc(-c2csc(NC(=O)C(C)Sc3cccc(NC(=O)C4CC4)c3)n2)c1. The van der Waals surface area contributed by atoms with Crippen LogP contribution in [0.5, 0.6) is 5.75 Å². The summed E-state index contributed by atoms with van der Waals surface area (Å²) < 4.78 is 5.26. The molecular weight excluding hydrogens is 430 g/mol. The third-order valence-electron chi connectivity index (χ3n) is 4.83. The van der Waals surface area contributed by atoms with E-state index in [-0.39, 0.29) is 23.0 Å². The highest BCUT2D eigenvalue weighted by Gasteiger charge is 2.29. The van der Waals surface area contributed by atoms with E-state index in [1.807, 2.05) is 60.8 Å². The van der Waals surface area contributed by atoms with Crippen molar-refractivity contribution in [2.75, 3.05) is 17.7 Å². The summed E-state index contributed by atoms with van der Waals surface area (Å²) in [5.41, 5.74) is 2.49. The fourth-order valence-corrected chi connectivity index (χ4v) is 4.60. The second kappa shape index (κ2) is 9.53. The molecule has 1 aromatic heterocycles. The standard InChI is InChI=1S/C23H23N3O3S2/c1-14(31-19-8-4-6-17(12-19)24-22(28)15-9-10-15)21(27)26-23-25-20(13-30-23)16-5-3-7-18(11-16)29-2/h3-8,11-15H,9-10H2,1-2H3,(H,24,28)(H,25,26,27). The van der Waals surface area contributed by atoms with Crippen LogP contribution < -0.4 is 15.4 Å². The van der Waals surface area contributed by atoms with E-state index in [1.165, 1.54) is 23.1 Å². The summed E-state index contributed by atoms with van der Waals surface area (Å²) in [6, 6.07) is 15.2. The third kappa shape index (κ3) is 5.65. The Morgan fingerprint density at radius 3 is 2.74 bits per heavy atom. The fraction of sp³-hybridized carbons (Fsp3) is 0.261. The van der Waals surface area contributed by atoms with Gasteiger partial charge in [0.2, 0.25) is 11.8 Å². The first-order valence-corrected chi connectivity index (χ1v) is 11.8. The number of amides is 2. The average molecular weight is 454 g/mol. The smallest absolute Gasteiger partial charge is 0.239 e. The highest BCUT2D eigenvalue weighted by atomic mass is 32.2. The molecule has 2 N–H and O–H groups in total. The molecule has 2 aromatic carbocycles. The topological polar surface area (TPSA) is 80.3 Å². The van der Waals surface area contributed by atoms with Crippen LogP contribution in [0.1, 0.15) is 19.8 Å². The molecular formula is C23H23N3O3S2. The molecule has 6 nitrogen and oxygen atoms in total. The van der Waals surface area contributed by atoms with Crippen LogP contribution in [0.4, 0.5) is 10.8 Å². The predicted octanol–water partition coefficient (Wildman–Crippen LogP) is 5.29. The number of thiazole rings is 1. The van der Waals surface area contributed by atoms with E-state index in [0.717, 1.165) is 40.4 Å². The lowest BCUT2D eigenvalue weighted by molar-refractivity contribution is -0.117. The molecule has 8 heteroatoms. The molecule has 1 aliphatic rings. The molecule has 1 unspecified atom stereocenters. The first kappa shape index (κ1) is 21.4. The van der Waals surface area contributed by atoms with Crippen LogP contribution in [0.3, 0.4) is 0 Å². The summed E-state index contributed by atoms with van der Waals surface area (Å²) >= 11 is 2.83. The zero-order valence-electron chi connectivity index (χ0n) is 17.3. The molecule has 3 aromatic rings. The molecule has 1 atom stereocenters. The van der Waals surface area contributed by atoms with Gasteiger partial charge in [-0.15, -0.1) is 23.1 Å². The molecule has 1 fully saturated rings. The Morgan fingerprint density at radius 1 is 1.16 bits per heavy atom. The first-order valence-electron chi connectivity index (χ1n) is 10.0. The second-order valence-corrected chi connectivity index (χ2v) is 9.58. The van der Waals surface area contributed by atoms with Crippen molar-refractivity contribution in [1.82, 2.24) is 4.98 Å². The fourth-order valence-electron chi connectivity index (χ4n) is 2.95. The van der Waals surface area contributed by atoms with E-state index in [0.29, 0.717) is 5.13 Å². The Hall–Kier alpha value is -2.84. The second-order valence-electron chi connectivity index (χ2n) is 7.31. The van der Waals surface area contributed by atoms with Crippen LogP contribution in [-0.2, 0) is 9.59 Å². The van der Waals surface area contributed by atoms with E-state index >= 15 is 0 Å². The van der Waals surface area contributed by atoms with Gasteiger partial charge in [-0.1, -0.05) is 18.2 Å². The maximum Gasteiger partial charge on any atom is 0.239 e. The van der Waals surface area contributed by atoms with E-state index in [1.54, 1.807) is 7.11 Å². The number of benzene rings is 2. The van der Waals surface area contributed by atoms with E-state index in [9.17, 15) is 9.59 Å². The minimum absolute atomic E-state index is 0.0727. The van der Waals surface area contributed by atoms with Gasteiger partial charge in [-0.25, -0.2) is 4.98 Å². The lowest BCUT2D eigenvalue weighted by atomic mass is 10.2.